The van der Waals surface area contributed by atoms with E-state index in [9.17, 15) is 9.59 Å². The summed E-state index contributed by atoms with van der Waals surface area (Å²) in [5.74, 6) is 1.30. The molecule has 8 nitrogen and oxygen atoms in total. The Morgan fingerprint density at radius 3 is 2.44 bits per heavy atom. The van der Waals surface area contributed by atoms with E-state index in [4.69, 9.17) is 4.74 Å². The molecule has 0 bridgehead atoms. The fourth-order valence-electron chi connectivity index (χ4n) is 3.49. The molecule has 0 aliphatic rings. The van der Waals surface area contributed by atoms with E-state index < -0.39 is 0 Å². The number of rotatable bonds is 10. The molecule has 0 radical (unpaired) electrons. The third-order valence-electron chi connectivity index (χ3n) is 5.46. The SMILES string of the molecule is CCc1ccccc1NC(=O)CSc1nnc([C@H](NC(=O)c2ccc(OC)cc2)C(C)C)n1C. The molecule has 3 rings (SSSR count). The van der Waals surface area contributed by atoms with Crippen LogP contribution in [0.25, 0.3) is 0 Å². The third-order valence-corrected chi connectivity index (χ3v) is 6.48. The first-order valence-electron chi connectivity index (χ1n) is 11.2. The highest BCUT2D eigenvalue weighted by Crippen LogP contribution is 2.25. The van der Waals surface area contributed by atoms with Crippen molar-refractivity contribution in [3.8, 4) is 5.75 Å². The third kappa shape index (κ3) is 6.17. The van der Waals surface area contributed by atoms with E-state index in [-0.39, 0.29) is 29.5 Å². The summed E-state index contributed by atoms with van der Waals surface area (Å²) in [5.41, 5.74) is 2.46. The van der Waals surface area contributed by atoms with Gasteiger partial charge in [-0.05, 0) is 48.2 Å². The number of nitrogens with one attached hydrogen (secondary N) is 2. The minimum atomic E-state index is -0.341. The molecule has 1 heterocycles. The van der Waals surface area contributed by atoms with Crippen molar-refractivity contribution in [3.63, 3.8) is 0 Å². The van der Waals surface area contributed by atoms with Crippen LogP contribution in [0.1, 0.15) is 48.6 Å². The van der Waals surface area contributed by atoms with Crippen LogP contribution in [0.4, 0.5) is 5.69 Å². The second-order valence-electron chi connectivity index (χ2n) is 8.17. The highest BCUT2D eigenvalue weighted by atomic mass is 32.2. The Labute approximate surface area is 204 Å². The van der Waals surface area contributed by atoms with Gasteiger partial charge in [-0.25, -0.2) is 0 Å². The number of carbonyl (C=O) groups excluding carboxylic acids is 2. The number of carbonyl (C=O) groups is 2. The normalized spacial score (nSPS) is 11.8. The largest absolute Gasteiger partial charge is 0.497 e. The van der Waals surface area contributed by atoms with Crippen molar-refractivity contribution in [2.75, 3.05) is 18.2 Å². The molecule has 0 aliphatic carbocycles. The van der Waals surface area contributed by atoms with Gasteiger partial charge in [-0.3, -0.25) is 9.59 Å². The maximum absolute atomic E-state index is 12.8. The van der Waals surface area contributed by atoms with Gasteiger partial charge in [-0.1, -0.05) is 50.7 Å². The van der Waals surface area contributed by atoms with Gasteiger partial charge in [0, 0.05) is 18.3 Å². The van der Waals surface area contributed by atoms with Crippen LogP contribution < -0.4 is 15.4 Å². The van der Waals surface area contributed by atoms with Gasteiger partial charge >= 0.3 is 0 Å². The molecule has 0 saturated heterocycles. The van der Waals surface area contributed by atoms with Crippen LogP contribution in [0.15, 0.2) is 53.7 Å². The number of hydrogen-bond donors (Lipinski definition) is 2. The number of anilines is 1. The first kappa shape index (κ1) is 25.3. The van der Waals surface area contributed by atoms with E-state index in [2.05, 4.69) is 27.8 Å². The molecule has 1 atom stereocenters. The molecule has 3 aromatic rings. The number of methoxy groups -OCH3 is 1. The maximum atomic E-state index is 12.8. The van der Waals surface area contributed by atoms with Crippen LogP contribution in [0.5, 0.6) is 5.75 Å². The summed E-state index contributed by atoms with van der Waals surface area (Å²) in [6.07, 6.45) is 0.842. The van der Waals surface area contributed by atoms with Crippen LogP contribution in [-0.4, -0.2) is 39.4 Å². The average molecular weight is 482 g/mol. The van der Waals surface area contributed by atoms with Crippen molar-refractivity contribution in [2.45, 2.75) is 38.4 Å². The van der Waals surface area contributed by atoms with E-state index >= 15 is 0 Å². The molecule has 0 fully saturated rings. The van der Waals surface area contributed by atoms with Crippen molar-refractivity contribution in [1.29, 1.82) is 0 Å². The Morgan fingerprint density at radius 1 is 1.09 bits per heavy atom. The number of thioether (sulfide) groups is 1. The minimum absolute atomic E-state index is 0.0804. The van der Waals surface area contributed by atoms with Gasteiger partial charge in [0.05, 0.1) is 18.9 Å². The molecule has 0 aliphatic heterocycles. The summed E-state index contributed by atoms with van der Waals surface area (Å²) in [7, 11) is 3.43. The summed E-state index contributed by atoms with van der Waals surface area (Å²) >= 11 is 1.31. The second kappa shape index (κ2) is 11.7. The van der Waals surface area contributed by atoms with Crippen molar-refractivity contribution >= 4 is 29.3 Å². The average Bonchev–Trinajstić information content (AvgIpc) is 3.21. The molecular weight excluding hydrogens is 450 g/mol. The molecule has 2 aromatic carbocycles. The maximum Gasteiger partial charge on any atom is 0.251 e. The van der Waals surface area contributed by atoms with Gasteiger partial charge in [-0.2, -0.15) is 0 Å². The van der Waals surface area contributed by atoms with Crippen LogP contribution >= 0.6 is 11.8 Å². The number of para-hydroxylation sites is 1. The summed E-state index contributed by atoms with van der Waals surface area (Å²) in [6.45, 7) is 6.08. The Balaban J connectivity index is 1.66. The molecule has 0 spiro atoms. The summed E-state index contributed by atoms with van der Waals surface area (Å²) in [4.78, 5) is 25.3. The summed E-state index contributed by atoms with van der Waals surface area (Å²) in [5, 5.41) is 15.2. The lowest BCUT2D eigenvalue weighted by Gasteiger charge is -2.21. The van der Waals surface area contributed by atoms with E-state index in [1.54, 1.807) is 31.4 Å². The van der Waals surface area contributed by atoms with Crippen molar-refractivity contribution < 1.29 is 14.3 Å². The zero-order valence-electron chi connectivity index (χ0n) is 20.2. The smallest absolute Gasteiger partial charge is 0.251 e. The Kier molecular flexibility index (Phi) is 8.70. The molecule has 2 N–H and O–H groups in total. The highest BCUT2D eigenvalue weighted by molar-refractivity contribution is 7.99. The minimum Gasteiger partial charge on any atom is -0.497 e. The van der Waals surface area contributed by atoms with Crippen LogP contribution in [-0.2, 0) is 18.3 Å². The van der Waals surface area contributed by atoms with Crippen LogP contribution in [0.3, 0.4) is 0 Å². The number of aromatic nitrogens is 3. The van der Waals surface area contributed by atoms with Gasteiger partial charge in [0.15, 0.2) is 11.0 Å². The fraction of sp³-hybridized carbons (Fsp3) is 0.360. The number of benzene rings is 2. The number of amides is 2. The second-order valence-corrected chi connectivity index (χ2v) is 9.11. The topological polar surface area (TPSA) is 98.1 Å². The molecule has 1 aromatic heterocycles. The Bertz CT molecular complexity index is 1130. The van der Waals surface area contributed by atoms with Crippen molar-refractivity contribution in [3.05, 3.63) is 65.5 Å². The quantitative estimate of drug-likeness (QED) is 0.420. The monoisotopic (exact) mass is 481 g/mol. The van der Waals surface area contributed by atoms with Gasteiger partial charge < -0.3 is 19.9 Å². The molecule has 180 valence electrons. The van der Waals surface area contributed by atoms with Crippen LogP contribution in [0.2, 0.25) is 0 Å². The van der Waals surface area contributed by atoms with Gasteiger partial charge in [0.1, 0.15) is 5.75 Å². The van der Waals surface area contributed by atoms with E-state index in [0.29, 0.717) is 22.3 Å². The standard InChI is InChI=1S/C25H31N5O3S/c1-6-17-9-7-8-10-20(17)26-21(31)15-34-25-29-28-23(30(25)4)22(16(2)3)27-24(32)18-11-13-19(33-5)14-12-18/h7-14,16,22H,6,15H2,1-5H3,(H,26,31)(H,27,32)/t22-/m1/s1. The lowest BCUT2D eigenvalue weighted by Crippen LogP contribution is -2.33. The molecule has 9 heteroatoms. The van der Waals surface area contributed by atoms with Crippen molar-refractivity contribution in [1.82, 2.24) is 20.1 Å². The first-order chi connectivity index (χ1) is 16.3. The summed E-state index contributed by atoms with van der Waals surface area (Å²) < 4.78 is 6.99. The molecular formula is C25H31N5O3S. The van der Waals surface area contributed by atoms with Gasteiger partial charge in [0.25, 0.3) is 5.91 Å². The Morgan fingerprint density at radius 2 is 1.79 bits per heavy atom. The predicted molar refractivity (Wildman–Crippen MR) is 134 cm³/mol. The Hall–Kier alpha value is -3.33. The number of ether oxygens (including phenoxy) is 1. The predicted octanol–water partition coefficient (Wildman–Crippen LogP) is 4.24. The molecule has 0 saturated carbocycles. The van der Waals surface area contributed by atoms with E-state index in [0.717, 1.165) is 17.7 Å². The zero-order chi connectivity index (χ0) is 24.7. The first-order valence-corrected chi connectivity index (χ1v) is 12.2. The zero-order valence-corrected chi connectivity index (χ0v) is 21.0. The number of aryl methyl sites for hydroxylation is 1. The van der Waals surface area contributed by atoms with Gasteiger partial charge in [-0.15, -0.1) is 10.2 Å². The van der Waals surface area contributed by atoms with Crippen molar-refractivity contribution in [2.24, 2.45) is 13.0 Å². The summed E-state index contributed by atoms with van der Waals surface area (Å²) in [6, 6.07) is 14.4. The number of hydrogen-bond acceptors (Lipinski definition) is 6. The lowest BCUT2D eigenvalue weighted by atomic mass is 10.0. The fourth-order valence-corrected chi connectivity index (χ4v) is 4.20. The number of nitrogens with zero attached hydrogens (tertiary/aromatic N) is 3. The van der Waals surface area contributed by atoms with E-state index in [1.807, 2.05) is 49.7 Å². The lowest BCUT2D eigenvalue weighted by molar-refractivity contribution is -0.113. The molecule has 0 unspecified atom stereocenters. The van der Waals surface area contributed by atoms with E-state index in [1.165, 1.54) is 11.8 Å². The molecule has 34 heavy (non-hydrogen) atoms. The van der Waals surface area contributed by atoms with Crippen LogP contribution in [0, 0.1) is 5.92 Å². The molecule has 2 amide bonds. The van der Waals surface area contributed by atoms with Gasteiger partial charge in [0.2, 0.25) is 5.91 Å². The highest BCUT2D eigenvalue weighted by Gasteiger charge is 2.25.